The lowest BCUT2D eigenvalue weighted by Gasteiger charge is -2.42. The Labute approximate surface area is 307 Å². The number of hydrogen-bond donors (Lipinski definition) is 1. The first kappa shape index (κ1) is 37.1. The molecule has 1 aromatic heterocycles. The summed E-state index contributed by atoms with van der Waals surface area (Å²) in [7, 11) is 0.130. The molecule has 3 aliphatic rings. The third-order valence-electron chi connectivity index (χ3n) is 11.0. The van der Waals surface area contributed by atoms with Gasteiger partial charge in [0.2, 0.25) is 5.91 Å². The van der Waals surface area contributed by atoms with Crippen molar-refractivity contribution in [1.29, 1.82) is 0 Å². The first-order chi connectivity index (χ1) is 24.4. The highest BCUT2D eigenvalue weighted by Crippen LogP contribution is 2.45. The fourth-order valence-corrected chi connectivity index (χ4v) is 9.70. The van der Waals surface area contributed by atoms with Gasteiger partial charge in [-0.2, -0.15) is 5.10 Å². The summed E-state index contributed by atoms with van der Waals surface area (Å²) in [5.41, 5.74) is 5.24. The number of benzene rings is 2. The Balaban J connectivity index is 1.37. The molecule has 0 saturated carbocycles. The topological polar surface area (TPSA) is 115 Å². The summed E-state index contributed by atoms with van der Waals surface area (Å²) in [6.07, 6.45) is 10.3. The number of hydrogen-bond acceptors (Lipinski definition) is 7. The minimum atomic E-state index is -3.43. The molecular weight excluding hydrogens is 686 g/mol. The van der Waals surface area contributed by atoms with E-state index in [0.717, 1.165) is 41.2 Å². The Morgan fingerprint density at radius 3 is 2.78 bits per heavy atom. The SMILES string of the molecule is CO[C@H]1/C=C\CCCS(=O)(NC(=O)CCc2c(C)cnn2C)=NC(=O)c2ccc3c(c2)N(C[C@H](C)[C@H]1C)C[C@@]1(CCCc2cc(Cl)ccc21)CO3. The average Bonchev–Trinajstić information content (AvgIpc) is 3.34. The van der Waals surface area contributed by atoms with Gasteiger partial charge in [0.05, 0.1) is 30.3 Å². The molecule has 1 spiro atoms. The molecule has 2 aliphatic heterocycles. The van der Waals surface area contributed by atoms with Gasteiger partial charge in [0, 0.05) is 55.4 Å². The minimum absolute atomic E-state index is 0.0370. The number of nitrogens with one attached hydrogen (secondary N) is 1. The number of halogens is 1. The van der Waals surface area contributed by atoms with Crippen molar-refractivity contribution in [3.8, 4) is 5.75 Å². The molecule has 12 heteroatoms. The van der Waals surface area contributed by atoms with Crippen LogP contribution in [0, 0.1) is 18.8 Å². The summed E-state index contributed by atoms with van der Waals surface area (Å²) < 4.78 is 35.6. The summed E-state index contributed by atoms with van der Waals surface area (Å²) in [5, 5.41) is 4.98. The van der Waals surface area contributed by atoms with Crippen LogP contribution in [-0.4, -0.2) is 64.5 Å². The van der Waals surface area contributed by atoms with Gasteiger partial charge in [-0.05, 0) is 104 Å². The number of aromatic nitrogens is 2. The molecule has 10 nitrogen and oxygen atoms in total. The van der Waals surface area contributed by atoms with Gasteiger partial charge in [-0.25, -0.2) is 4.21 Å². The van der Waals surface area contributed by atoms with Crippen molar-refractivity contribution in [2.45, 2.75) is 77.2 Å². The number of nitrogens with zero attached hydrogens (tertiary/aromatic N) is 4. The van der Waals surface area contributed by atoms with Crippen LogP contribution in [0.25, 0.3) is 0 Å². The third kappa shape index (κ3) is 8.21. The largest absolute Gasteiger partial charge is 0.490 e. The van der Waals surface area contributed by atoms with Crippen LogP contribution in [0.15, 0.2) is 59.1 Å². The second-order valence-corrected chi connectivity index (χ2v) is 17.1. The lowest BCUT2D eigenvalue weighted by molar-refractivity contribution is -0.119. The van der Waals surface area contributed by atoms with Crippen molar-refractivity contribution in [2.75, 3.05) is 37.5 Å². The highest BCUT2D eigenvalue weighted by Gasteiger charge is 2.42. The van der Waals surface area contributed by atoms with Crippen LogP contribution in [0.2, 0.25) is 5.02 Å². The van der Waals surface area contributed by atoms with Crippen LogP contribution in [-0.2, 0) is 44.8 Å². The quantitative estimate of drug-likeness (QED) is 0.288. The average molecular weight is 736 g/mol. The summed E-state index contributed by atoms with van der Waals surface area (Å²) in [6, 6.07) is 11.5. The number of fused-ring (bicyclic) bond motifs is 3. The highest BCUT2D eigenvalue weighted by molar-refractivity contribution is 7.92. The van der Waals surface area contributed by atoms with Crippen LogP contribution in [0.3, 0.4) is 0 Å². The Morgan fingerprint density at radius 1 is 1.20 bits per heavy atom. The summed E-state index contributed by atoms with van der Waals surface area (Å²) in [6.45, 7) is 8.29. The lowest BCUT2D eigenvalue weighted by Crippen LogP contribution is -2.47. The zero-order valence-electron chi connectivity index (χ0n) is 30.3. The predicted molar refractivity (Wildman–Crippen MR) is 202 cm³/mol. The predicted octanol–water partition coefficient (Wildman–Crippen LogP) is 6.76. The van der Waals surface area contributed by atoms with Crippen LogP contribution in [0.5, 0.6) is 5.75 Å². The number of amides is 2. The van der Waals surface area contributed by atoms with E-state index in [-0.39, 0.29) is 35.5 Å². The fourth-order valence-electron chi connectivity index (χ4n) is 7.88. The molecule has 2 amide bonds. The minimum Gasteiger partial charge on any atom is -0.490 e. The molecule has 51 heavy (non-hydrogen) atoms. The fraction of sp³-hybridized carbons (Fsp3) is 0.513. The van der Waals surface area contributed by atoms with E-state index in [1.165, 1.54) is 11.1 Å². The first-order valence-electron chi connectivity index (χ1n) is 18.0. The maximum atomic E-state index is 14.3. The lowest BCUT2D eigenvalue weighted by atomic mass is 9.70. The van der Waals surface area contributed by atoms with E-state index < -0.39 is 21.7 Å². The molecule has 2 bridgehead atoms. The molecule has 3 aromatic rings. The second kappa shape index (κ2) is 15.5. The van der Waals surface area contributed by atoms with Gasteiger partial charge >= 0.3 is 0 Å². The first-order valence-corrected chi connectivity index (χ1v) is 20.0. The number of carbonyl (C=O) groups excluding carboxylic acids is 2. The number of aryl methyl sites for hydroxylation is 3. The normalized spacial score (nSPS) is 27.5. The van der Waals surface area contributed by atoms with Crippen molar-refractivity contribution in [1.82, 2.24) is 14.5 Å². The Bertz CT molecular complexity index is 1910. The van der Waals surface area contributed by atoms with Gasteiger partial charge in [-0.1, -0.05) is 43.7 Å². The standard InChI is InChI=1S/C39H50ClN5O5S/c1-26-22-41-44(4)33(26)15-17-37(46)42-51(48)19-8-6-7-11-35(49-5)28(3)27(2)23-45-24-39(18-9-10-29-20-31(40)13-14-32(29)39)25-50-36-16-12-30(21-34(36)45)38(47)43-51/h7,11-14,16,20-22,27-28,35H,6,8-10,15,17-19,23-25H2,1-5H3,(H,42,43,46,47,48)/b11-7-/t27-,28+,35-,39-,51?/m0/s1. The number of methoxy groups -OCH3 is 1. The number of carbonyl (C=O) groups is 2. The number of ether oxygens (including phenoxy) is 2. The van der Waals surface area contributed by atoms with Gasteiger partial charge in [0.1, 0.15) is 15.7 Å². The molecule has 2 aromatic carbocycles. The molecule has 6 rings (SSSR count). The molecule has 274 valence electrons. The van der Waals surface area contributed by atoms with Crippen LogP contribution in [0.1, 0.15) is 78.7 Å². The number of allylic oxidation sites excluding steroid dienone is 1. The van der Waals surface area contributed by atoms with E-state index in [1.807, 2.05) is 38.2 Å². The smallest absolute Gasteiger partial charge is 0.286 e. The molecule has 1 unspecified atom stereocenters. The summed E-state index contributed by atoms with van der Waals surface area (Å²) in [5.74, 6) is 0.0578. The van der Waals surface area contributed by atoms with E-state index in [0.29, 0.717) is 50.3 Å². The van der Waals surface area contributed by atoms with Crippen LogP contribution < -0.4 is 14.4 Å². The van der Waals surface area contributed by atoms with Gasteiger partial charge < -0.3 is 14.4 Å². The van der Waals surface area contributed by atoms with E-state index in [1.54, 1.807) is 24.1 Å². The van der Waals surface area contributed by atoms with Crippen LogP contribution in [0.4, 0.5) is 5.69 Å². The molecule has 0 radical (unpaired) electrons. The third-order valence-corrected chi connectivity index (χ3v) is 13.0. The van der Waals surface area contributed by atoms with E-state index in [4.69, 9.17) is 21.1 Å². The van der Waals surface area contributed by atoms with Crippen molar-refractivity contribution in [2.24, 2.45) is 23.2 Å². The highest BCUT2D eigenvalue weighted by atomic mass is 35.5. The number of rotatable bonds is 5. The molecular formula is C39H50ClN5O5S. The molecule has 3 heterocycles. The van der Waals surface area contributed by atoms with Crippen molar-refractivity contribution < 1.29 is 23.3 Å². The summed E-state index contributed by atoms with van der Waals surface area (Å²) in [4.78, 5) is 29.4. The van der Waals surface area contributed by atoms with Gasteiger partial charge in [-0.3, -0.25) is 19.0 Å². The molecule has 1 aliphatic carbocycles. The van der Waals surface area contributed by atoms with Gasteiger partial charge in [0.25, 0.3) is 5.91 Å². The van der Waals surface area contributed by atoms with Crippen molar-refractivity contribution in [3.63, 3.8) is 0 Å². The van der Waals surface area contributed by atoms with Gasteiger partial charge in [0.15, 0.2) is 0 Å². The maximum absolute atomic E-state index is 14.3. The Morgan fingerprint density at radius 2 is 2.02 bits per heavy atom. The zero-order chi connectivity index (χ0) is 36.3. The molecule has 0 saturated heterocycles. The second-order valence-electron chi connectivity index (χ2n) is 14.6. The van der Waals surface area contributed by atoms with Gasteiger partial charge in [-0.15, -0.1) is 4.36 Å². The zero-order valence-corrected chi connectivity index (χ0v) is 31.9. The van der Waals surface area contributed by atoms with Crippen molar-refractivity contribution in [3.05, 3.63) is 87.7 Å². The molecule has 5 atom stereocenters. The van der Waals surface area contributed by atoms with E-state index in [9.17, 15) is 13.8 Å². The number of anilines is 1. The van der Waals surface area contributed by atoms with E-state index in [2.05, 4.69) is 51.1 Å². The molecule has 1 N–H and O–H groups in total. The maximum Gasteiger partial charge on any atom is 0.286 e. The van der Waals surface area contributed by atoms with Crippen LogP contribution >= 0.6 is 11.6 Å². The Hall–Kier alpha value is -3.67. The van der Waals surface area contributed by atoms with Crippen molar-refractivity contribution >= 4 is 39.0 Å². The Kier molecular flexibility index (Phi) is 11.3. The molecule has 0 fully saturated rings. The van der Waals surface area contributed by atoms with E-state index >= 15 is 0 Å². The summed E-state index contributed by atoms with van der Waals surface area (Å²) >= 11 is 6.45. The monoisotopic (exact) mass is 735 g/mol.